The van der Waals surface area contributed by atoms with Crippen molar-refractivity contribution in [3.8, 4) is 16.9 Å². The molecule has 1 aliphatic rings. The molecule has 3 rings (SSSR count). The zero-order chi connectivity index (χ0) is 13.9. The summed E-state index contributed by atoms with van der Waals surface area (Å²) in [6, 6.07) is 17.5. The van der Waals surface area contributed by atoms with Gasteiger partial charge in [0.2, 0.25) is 5.91 Å². The fraction of sp³-hybridized carbons (Fsp3) is 0.125. The summed E-state index contributed by atoms with van der Waals surface area (Å²) >= 11 is 0. The quantitative estimate of drug-likeness (QED) is 0.867. The molecule has 1 saturated heterocycles. The van der Waals surface area contributed by atoms with Crippen LogP contribution in [0, 0.1) is 0 Å². The number of imide groups is 1. The number of rotatable bonds is 3. The van der Waals surface area contributed by atoms with Crippen molar-refractivity contribution >= 4 is 11.8 Å². The Balaban J connectivity index is 1.74. The topological polar surface area (TPSA) is 55.4 Å². The van der Waals surface area contributed by atoms with Crippen LogP contribution in [0.5, 0.6) is 5.75 Å². The number of ether oxygens (including phenoxy) is 1. The van der Waals surface area contributed by atoms with Crippen molar-refractivity contribution in [2.24, 2.45) is 0 Å². The molecule has 0 aromatic heterocycles. The molecule has 2 aromatic rings. The number of hydrogen-bond donors (Lipinski definition) is 1. The highest BCUT2D eigenvalue weighted by Crippen LogP contribution is 2.23. The van der Waals surface area contributed by atoms with E-state index in [2.05, 4.69) is 5.32 Å². The van der Waals surface area contributed by atoms with E-state index in [9.17, 15) is 9.59 Å². The largest absolute Gasteiger partial charge is 0.480 e. The van der Waals surface area contributed by atoms with Crippen molar-refractivity contribution in [3.63, 3.8) is 0 Å². The average molecular weight is 267 g/mol. The van der Waals surface area contributed by atoms with Crippen LogP contribution in [0.2, 0.25) is 0 Å². The van der Waals surface area contributed by atoms with Gasteiger partial charge in [0.25, 0.3) is 5.91 Å². The van der Waals surface area contributed by atoms with E-state index < -0.39 is 6.10 Å². The summed E-state index contributed by atoms with van der Waals surface area (Å²) < 4.78 is 5.52. The Bertz CT molecular complexity index is 635. The Morgan fingerprint density at radius 1 is 0.900 bits per heavy atom. The van der Waals surface area contributed by atoms with Crippen LogP contribution in [0.15, 0.2) is 54.6 Å². The standard InChI is InChI=1S/C16H13NO3/c18-15-10-14(16(19)17-15)20-13-8-6-12(7-9-13)11-4-2-1-3-5-11/h1-9,14H,10H2,(H,17,18,19). The van der Waals surface area contributed by atoms with Gasteiger partial charge >= 0.3 is 0 Å². The van der Waals surface area contributed by atoms with Crippen LogP contribution in [-0.4, -0.2) is 17.9 Å². The predicted octanol–water partition coefficient (Wildman–Crippen LogP) is 2.15. The molecule has 0 saturated carbocycles. The van der Waals surface area contributed by atoms with Crippen molar-refractivity contribution in [3.05, 3.63) is 54.6 Å². The van der Waals surface area contributed by atoms with Gasteiger partial charge in [0.1, 0.15) is 5.75 Å². The molecule has 1 aliphatic heterocycles. The summed E-state index contributed by atoms with van der Waals surface area (Å²) in [5.74, 6) is -0.0810. The molecule has 0 bridgehead atoms. The van der Waals surface area contributed by atoms with Crippen molar-refractivity contribution in [1.29, 1.82) is 0 Å². The van der Waals surface area contributed by atoms with Gasteiger partial charge < -0.3 is 4.74 Å². The molecule has 1 unspecified atom stereocenters. The summed E-state index contributed by atoms with van der Waals surface area (Å²) in [4.78, 5) is 22.5. The molecule has 20 heavy (non-hydrogen) atoms. The van der Waals surface area contributed by atoms with Crippen LogP contribution >= 0.6 is 0 Å². The van der Waals surface area contributed by atoms with Gasteiger partial charge in [-0.2, -0.15) is 0 Å². The molecule has 2 amide bonds. The van der Waals surface area contributed by atoms with Gasteiger partial charge in [-0.1, -0.05) is 42.5 Å². The van der Waals surface area contributed by atoms with E-state index in [0.29, 0.717) is 5.75 Å². The Morgan fingerprint density at radius 2 is 1.55 bits per heavy atom. The highest BCUT2D eigenvalue weighted by molar-refractivity contribution is 6.05. The summed E-state index contributed by atoms with van der Waals surface area (Å²) in [6.45, 7) is 0. The maximum absolute atomic E-state index is 11.4. The lowest BCUT2D eigenvalue weighted by molar-refractivity contribution is -0.127. The van der Waals surface area contributed by atoms with E-state index in [4.69, 9.17) is 4.74 Å². The smallest absolute Gasteiger partial charge is 0.268 e. The Hall–Kier alpha value is -2.62. The Labute approximate surface area is 116 Å². The monoisotopic (exact) mass is 267 g/mol. The van der Waals surface area contributed by atoms with Gasteiger partial charge in [0, 0.05) is 0 Å². The van der Waals surface area contributed by atoms with Gasteiger partial charge in [-0.05, 0) is 23.3 Å². The second-order valence-electron chi connectivity index (χ2n) is 4.61. The van der Waals surface area contributed by atoms with E-state index in [0.717, 1.165) is 11.1 Å². The Kier molecular flexibility index (Phi) is 3.21. The molecule has 1 atom stereocenters. The third-order valence-electron chi connectivity index (χ3n) is 3.17. The highest BCUT2D eigenvalue weighted by atomic mass is 16.5. The van der Waals surface area contributed by atoms with Crippen LogP contribution < -0.4 is 10.1 Å². The first-order valence-corrected chi connectivity index (χ1v) is 6.38. The number of carbonyl (C=O) groups excluding carboxylic acids is 2. The molecule has 4 nitrogen and oxygen atoms in total. The van der Waals surface area contributed by atoms with Crippen LogP contribution in [0.1, 0.15) is 6.42 Å². The molecule has 1 fully saturated rings. The molecular weight excluding hydrogens is 254 g/mol. The van der Waals surface area contributed by atoms with E-state index >= 15 is 0 Å². The lowest BCUT2D eigenvalue weighted by atomic mass is 10.1. The first-order chi connectivity index (χ1) is 9.72. The summed E-state index contributed by atoms with van der Waals surface area (Å²) in [6.07, 6.45) is -0.635. The van der Waals surface area contributed by atoms with Crippen molar-refractivity contribution in [2.45, 2.75) is 12.5 Å². The van der Waals surface area contributed by atoms with Crippen molar-refractivity contribution in [1.82, 2.24) is 5.32 Å². The predicted molar refractivity (Wildman–Crippen MR) is 74.1 cm³/mol. The van der Waals surface area contributed by atoms with Gasteiger partial charge in [-0.3, -0.25) is 14.9 Å². The summed E-state index contributed by atoms with van der Waals surface area (Å²) in [5, 5.41) is 2.22. The molecule has 2 aromatic carbocycles. The van der Waals surface area contributed by atoms with Crippen LogP contribution in [0.3, 0.4) is 0 Å². The fourth-order valence-corrected chi connectivity index (χ4v) is 2.15. The van der Waals surface area contributed by atoms with E-state index in [-0.39, 0.29) is 18.2 Å². The lowest BCUT2D eigenvalue weighted by Crippen LogP contribution is -2.28. The molecule has 0 aliphatic carbocycles. The second kappa shape index (κ2) is 5.17. The maximum Gasteiger partial charge on any atom is 0.268 e. The van der Waals surface area contributed by atoms with Gasteiger partial charge in [-0.25, -0.2) is 0 Å². The number of carbonyl (C=O) groups is 2. The number of amides is 2. The maximum atomic E-state index is 11.4. The van der Waals surface area contributed by atoms with E-state index in [1.54, 1.807) is 12.1 Å². The van der Waals surface area contributed by atoms with E-state index in [1.165, 1.54) is 0 Å². The minimum absolute atomic E-state index is 0.0826. The molecule has 0 spiro atoms. The average Bonchev–Trinajstić information content (AvgIpc) is 2.79. The molecular formula is C16H13NO3. The normalized spacial score (nSPS) is 17.9. The molecule has 4 heteroatoms. The van der Waals surface area contributed by atoms with Crippen LogP contribution in [0.4, 0.5) is 0 Å². The second-order valence-corrected chi connectivity index (χ2v) is 4.61. The SMILES string of the molecule is O=C1CC(Oc2ccc(-c3ccccc3)cc2)C(=O)N1. The first-order valence-electron chi connectivity index (χ1n) is 6.38. The number of benzene rings is 2. The number of hydrogen-bond acceptors (Lipinski definition) is 3. The Morgan fingerprint density at radius 3 is 2.15 bits per heavy atom. The third kappa shape index (κ3) is 2.54. The first kappa shape index (κ1) is 12.4. The molecule has 100 valence electrons. The fourth-order valence-electron chi connectivity index (χ4n) is 2.15. The zero-order valence-corrected chi connectivity index (χ0v) is 10.7. The van der Waals surface area contributed by atoms with Crippen LogP contribution in [0.25, 0.3) is 11.1 Å². The van der Waals surface area contributed by atoms with E-state index in [1.807, 2.05) is 42.5 Å². The van der Waals surface area contributed by atoms with Crippen LogP contribution in [-0.2, 0) is 9.59 Å². The van der Waals surface area contributed by atoms with Gasteiger partial charge in [-0.15, -0.1) is 0 Å². The molecule has 1 N–H and O–H groups in total. The minimum Gasteiger partial charge on any atom is -0.480 e. The van der Waals surface area contributed by atoms with Gasteiger partial charge in [0.05, 0.1) is 6.42 Å². The minimum atomic E-state index is -0.718. The number of nitrogens with one attached hydrogen (secondary N) is 1. The zero-order valence-electron chi connectivity index (χ0n) is 10.7. The van der Waals surface area contributed by atoms with Crippen molar-refractivity contribution in [2.75, 3.05) is 0 Å². The van der Waals surface area contributed by atoms with Gasteiger partial charge in [0.15, 0.2) is 6.10 Å². The summed E-state index contributed by atoms with van der Waals surface area (Å²) in [7, 11) is 0. The summed E-state index contributed by atoms with van der Waals surface area (Å²) in [5.41, 5.74) is 2.19. The molecule has 1 heterocycles. The third-order valence-corrected chi connectivity index (χ3v) is 3.17. The van der Waals surface area contributed by atoms with Crippen molar-refractivity contribution < 1.29 is 14.3 Å². The highest BCUT2D eigenvalue weighted by Gasteiger charge is 2.32. The lowest BCUT2D eigenvalue weighted by Gasteiger charge is -2.10. The molecule has 0 radical (unpaired) electrons.